The number of carbonyl (C=O) groups is 6. The second-order valence-corrected chi connectivity index (χ2v) is 29.2. The lowest BCUT2D eigenvalue weighted by Gasteiger charge is -2.18. The molecular weight excluding hydrogens is 1490 g/mol. The Morgan fingerprint density at radius 1 is 0.571 bits per heavy atom. The molecule has 0 aromatic carbocycles. The number of Topliss-reactive ketones (excluding diaryl/α,β-unsaturated/α-hetero) is 2. The summed E-state index contributed by atoms with van der Waals surface area (Å²) in [5, 5.41) is 8.96. The van der Waals surface area contributed by atoms with E-state index >= 15 is 0 Å². The molecule has 3 N–H and O–H groups in total. The first-order chi connectivity index (χ1) is 50.1. The Kier molecular flexibility index (Phi) is 36.4. The molecule has 568 valence electrons. The van der Waals surface area contributed by atoms with Gasteiger partial charge in [-0.05, 0) is 128 Å². The number of nitrogens with one attached hydrogen (secondary N) is 1. The fraction of sp³-hybridized carbons (Fsp3) is 0.541. The van der Waals surface area contributed by atoms with E-state index in [1.165, 1.54) is 73.7 Å². The third kappa shape index (κ3) is 25.7. The molecule has 4 saturated carbocycles. The summed E-state index contributed by atoms with van der Waals surface area (Å²) >= 11 is 8.83. The number of halogens is 1. The van der Waals surface area contributed by atoms with Gasteiger partial charge in [0.2, 0.25) is 5.91 Å². The van der Waals surface area contributed by atoms with Crippen molar-refractivity contribution in [3.8, 4) is 0 Å². The molecule has 26 nitrogen and oxygen atoms in total. The molecule has 12 rings (SSSR count). The molecule has 4 aliphatic carbocycles. The summed E-state index contributed by atoms with van der Waals surface area (Å²) in [6, 6.07) is 6.28. The molecule has 4 aliphatic rings. The van der Waals surface area contributed by atoms with Crippen molar-refractivity contribution in [3.63, 3.8) is 0 Å². The van der Waals surface area contributed by atoms with Crippen LogP contribution in [0.25, 0.3) is 33.1 Å². The molecule has 0 bridgehead atoms. The molecule has 8 aromatic rings. The number of alkyl halides is 1. The van der Waals surface area contributed by atoms with Crippen LogP contribution >= 0.6 is 63.0 Å². The third-order valence-electron chi connectivity index (χ3n) is 17.4. The van der Waals surface area contributed by atoms with Gasteiger partial charge in [-0.3, -0.25) is 52.1 Å². The van der Waals surface area contributed by atoms with Crippen LogP contribution in [0.3, 0.4) is 0 Å². The Bertz CT molecular complexity index is 4420. The average molecular weight is 1580 g/mol. The lowest BCUT2D eigenvalue weighted by atomic mass is 10.1. The highest BCUT2D eigenvalue weighted by Crippen LogP contribution is 2.34. The zero-order chi connectivity index (χ0) is 75.2. The molecule has 0 radical (unpaired) electrons. The molecule has 8 aromatic heterocycles. The molecule has 4 fully saturated rings. The van der Waals surface area contributed by atoms with Crippen molar-refractivity contribution in [2.45, 2.75) is 235 Å². The maximum absolute atomic E-state index is 13.2. The van der Waals surface area contributed by atoms with Crippen LogP contribution in [0.1, 0.15) is 220 Å². The number of aryl methyl sites for hydroxylation is 1. The SMILES string of the molecule is C.CC(=O)CBr.CCCOC(=O)CCC(C)=O.CCCOC(=O)Cc1cc2cnc(SC)nc2n(C2CCCC2)c1=O.CSc1ncc(C=O)c(NC2CCCC2)n1.CSc1ncc2cc(CC(N)=O)c(=O)n(C3CCCC3)c2n1.CSc1ncc2cc(Cc3nc(C)co3)c(=O)n(C3CCCC3)c2n1. The number of ether oxygens (including phenoxy) is 2. The van der Waals surface area contributed by atoms with Crippen LogP contribution in [0.5, 0.6) is 0 Å². The molecule has 0 unspecified atom stereocenters. The second kappa shape index (κ2) is 44.4. The third-order valence-corrected chi connectivity index (χ3v) is 20.4. The minimum absolute atomic E-state index is 0. The number of aldehydes is 1. The molecule has 0 saturated heterocycles. The van der Waals surface area contributed by atoms with E-state index in [4.69, 9.17) is 19.6 Å². The number of nitrogens with two attached hydrogens (primary N) is 1. The number of fused-ring (bicyclic) bond motifs is 3. The van der Waals surface area contributed by atoms with Gasteiger partial charge in [-0.25, -0.2) is 44.9 Å². The van der Waals surface area contributed by atoms with Gasteiger partial charge in [-0.1, -0.05) is 136 Å². The van der Waals surface area contributed by atoms with Crippen LogP contribution in [0.4, 0.5) is 5.82 Å². The molecule has 8 heterocycles. The monoisotopic (exact) mass is 1580 g/mol. The van der Waals surface area contributed by atoms with E-state index in [9.17, 15) is 43.2 Å². The number of aromatic nitrogens is 12. The van der Waals surface area contributed by atoms with E-state index in [2.05, 4.69) is 66.1 Å². The maximum atomic E-state index is 13.2. The largest absolute Gasteiger partial charge is 0.466 e. The minimum atomic E-state index is -0.504. The Morgan fingerprint density at radius 3 is 1.34 bits per heavy atom. The van der Waals surface area contributed by atoms with Gasteiger partial charge in [0, 0.05) is 88.2 Å². The van der Waals surface area contributed by atoms with Gasteiger partial charge in [-0.2, -0.15) is 0 Å². The summed E-state index contributed by atoms with van der Waals surface area (Å²) < 4.78 is 20.8. The molecule has 0 atom stereocenters. The van der Waals surface area contributed by atoms with Crippen LogP contribution in [0, 0.1) is 6.92 Å². The number of anilines is 1. The van der Waals surface area contributed by atoms with E-state index < -0.39 is 5.91 Å². The number of primary amides is 1. The first kappa shape index (κ1) is 86.2. The molecule has 31 heteroatoms. The number of amides is 1. The fourth-order valence-electron chi connectivity index (χ4n) is 12.4. The molecule has 0 aliphatic heterocycles. The van der Waals surface area contributed by atoms with E-state index in [1.54, 1.807) is 46.1 Å². The minimum Gasteiger partial charge on any atom is -0.466 e. The fourth-order valence-corrected chi connectivity index (χ4v) is 13.8. The summed E-state index contributed by atoms with van der Waals surface area (Å²) in [6.07, 6.45) is 36.9. The quantitative estimate of drug-likeness (QED) is 0.0186. The summed E-state index contributed by atoms with van der Waals surface area (Å²) in [5.41, 5.74) is 10.00. The van der Waals surface area contributed by atoms with Crippen LogP contribution < -0.4 is 27.7 Å². The zero-order valence-corrected chi connectivity index (χ0v) is 65.6. The predicted octanol–water partition coefficient (Wildman–Crippen LogP) is 13.6. The number of oxazole rings is 1. The van der Waals surface area contributed by atoms with Gasteiger partial charge in [-0.15, -0.1) is 0 Å². The number of hydrogen-bond acceptors (Lipinski definition) is 26. The normalized spacial score (nSPS) is 14.3. The number of thioether (sulfide) groups is 4. The number of ketones is 2. The zero-order valence-electron chi connectivity index (χ0n) is 60.7. The number of nitrogens with zero attached hydrogens (tertiary/aromatic N) is 12. The van der Waals surface area contributed by atoms with Gasteiger partial charge < -0.3 is 29.7 Å². The van der Waals surface area contributed by atoms with Crippen molar-refractivity contribution in [3.05, 3.63) is 114 Å². The lowest BCUT2D eigenvalue weighted by Crippen LogP contribution is -2.30. The Labute approximate surface area is 637 Å². The summed E-state index contributed by atoms with van der Waals surface area (Å²) in [6.45, 7) is 9.58. The van der Waals surface area contributed by atoms with Crippen molar-refractivity contribution in [2.24, 2.45) is 5.73 Å². The highest BCUT2D eigenvalue weighted by atomic mass is 79.9. The smallest absolute Gasteiger partial charge is 0.310 e. The van der Waals surface area contributed by atoms with Crippen LogP contribution in [0.2, 0.25) is 0 Å². The van der Waals surface area contributed by atoms with E-state index in [-0.39, 0.29) is 85.0 Å². The topological polar surface area (TPSA) is 354 Å². The standard InChI is InChI=1S/C18H20N4O2S.C18H23N3O3S.C15H18N4O2S.C11H15N3OS.C8H14O3.C3H5BrO.CH4/c1-11-10-24-15(20-11)8-12-7-13-9-19-18(25-2)21-16(13)22(17(12)23)14-5-3-4-6-14;1-3-8-24-15(22)10-12-9-13-11-19-18(25-2)20-16(13)21(17(12)23)14-6-4-5-7-14;1-22-15-17-8-10-6-9(7-12(16)20)14(21)19(13(10)18-15)11-4-2-3-5-11;1-16-11-12-6-8(7-15)10(14-11)13-9-4-2-3-5-9;1-3-6-11-8(10)5-4-7(2)9;1-3(5)2-4;/h7,9-10,14H,3-6,8H2,1-2H3;9,11,14H,3-8,10H2,1-2H3;6,8,11H,2-5,7H2,1H3,(H2,16,20);6-7,9H,2-5H2,1H3,(H,12,13,14);3-6H2,1-2H3;2H2,1H3;1H4. The van der Waals surface area contributed by atoms with Gasteiger partial charge in [0.1, 0.15) is 40.6 Å². The summed E-state index contributed by atoms with van der Waals surface area (Å²) in [5.74, 6) is 0.300. The number of carbonyl (C=O) groups excluding carboxylic acids is 6. The van der Waals surface area contributed by atoms with Crippen molar-refractivity contribution in [2.75, 3.05) is 48.9 Å². The Morgan fingerprint density at radius 2 is 0.962 bits per heavy atom. The van der Waals surface area contributed by atoms with E-state index in [1.807, 2.05) is 62.6 Å². The lowest BCUT2D eigenvalue weighted by molar-refractivity contribution is -0.145. The first-order valence-electron chi connectivity index (χ1n) is 35.2. The Balaban J connectivity index is 0.000000206. The van der Waals surface area contributed by atoms with Gasteiger partial charge in [0.05, 0.1) is 55.5 Å². The first-order valence-corrected chi connectivity index (χ1v) is 41.2. The molecule has 0 spiro atoms. The molecule has 1 amide bonds. The highest BCUT2D eigenvalue weighted by Gasteiger charge is 2.27. The van der Waals surface area contributed by atoms with Gasteiger partial charge in [0.15, 0.2) is 32.8 Å². The number of hydrogen-bond donors (Lipinski definition) is 2. The van der Waals surface area contributed by atoms with Crippen molar-refractivity contribution in [1.29, 1.82) is 0 Å². The van der Waals surface area contributed by atoms with Crippen molar-refractivity contribution >= 4 is 138 Å². The summed E-state index contributed by atoms with van der Waals surface area (Å²) in [4.78, 5) is 143. The van der Waals surface area contributed by atoms with Crippen molar-refractivity contribution in [1.82, 2.24) is 58.6 Å². The van der Waals surface area contributed by atoms with E-state index in [0.29, 0.717) is 103 Å². The van der Waals surface area contributed by atoms with Crippen LogP contribution in [0.15, 0.2) is 88.7 Å². The molecular formula is C74H99BrN14O12S4. The number of esters is 2. The van der Waals surface area contributed by atoms with Crippen molar-refractivity contribution < 1.29 is 42.7 Å². The number of pyridine rings is 3. The van der Waals surface area contributed by atoms with Gasteiger partial charge in [0.25, 0.3) is 16.7 Å². The maximum Gasteiger partial charge on any atom is 0.310 e. The Hall–Kier alpha value is -7.74. The number of rotatable bonds is 24. The van der Waals surface area contributed by atoms with Crippen LogP contribution in [-0.2, 0) is 52.7 Å². The van der Waals surface area contributed by atoms with Crippen LogP contribution in [-0.4, -0.2) is 144 Å². The predicted molar refractivity (Wildman–Crippen MR) is 419 cm³/mol. The second-order valence-electron chi connectivity index (χ2n) is 25.5. The van der Waals surface area contributed by atoms with Gasteiger partial charge >= 0.3 is 11.9 Å². The molecule has 105 heavy (non-hydrogen) atoms. The average Bonchev–Trinajstić information content (AvgIpc) is 1.75. The van der Waals surface area contributed by atoms with E-state index in [0.717, 1.165) is 137 Å². The summed E-state index contributed by atoms with van der Waals surface area (Å²) in [7, 11) is 0. The highest BCUT2D eigenvalue weighted by molar-refractivity contribution is 9.09.